The van der Waals surface area contributed by atoms with Gasteiger partial charge in [0.25, 0.3) is 0 Å². The topological polar surface area (TPSA) is 40.6 Å². The molecule has 1 rings (SSSR count). The van der Waals surface area contributed by atoms with Crippen LogP contribution < -0.4 is 0 Å². The lowest BCUT2D eigenvalue weighted by molar-refractivity contribution is 0.164. The van der Waals surface area contributed by atoms with E-state index in [0.29, 0.717) is 0 Å². The molecule has 1 heterocycles. The van der Waals surface area contributed by atoms with Crippen molar-refractivity contribution >= 4 is 14.3 Å². The highest BCUT2D eigenvalue weighted by atomic mass is 31.2. The molecule has 0 aromatic carbocycles. The van der Waals surface area contributed by atoms with Gasteiger partial charge < -0.3 is 9.13 Å². The van der Waals surface area contributed by atoms with Crippen molar-refractivity contribution in [2.45, 2.75) is 27.7 Å². The van der Waals surface area contributed by atoms with Crippen LogP contribution in [0.2, 0.25) is 0 Å². The zero-order chi connectivity index (χ0) is 15.2. The van der Waals surface area contributed by atoms with Crippen molar-refractivity contribution in [1.82, 2.24) is 9.80 Å². The van der Waals surface area contributed by atoms with Crippen LogP contribution in [0.25, 0.3) is 0 Å². The van der Waals surface area contributed by atoms with Crippen molar-refractivity contribution in [3.8, 4) is 0 Å². The van der Waals surface area contributed by atoms with Gasteiger partial charge in [-0.2, -0.15) is 0 Å². The van der Waals surface area contributed by atoms with Gasteiger partial charge in [-0.05, 0) is 24.6 Å². The second kappa shape index (κ2) is 8.13. The van der Waals surface area contributed by atoms with Crippen molar-refractivity contribution in [3.05, 3.63) is 0 Å². The summed E-state index contributed by atoms with van der Waals surface area (Å²) in [5.74, 6) is 0. The van der Waals surface area contributed by atoms with Crippen LogP contribution in [-0.4, -0.2) is 73.2 Å². The molecule has 0 amide bonds. The van der Waals surface area contributed by atoms with E-state index in [1.54, 1.807) is 0 Å². The van der Waals surface area contributed by atoms with Crippen LogP contribution >= 0.6 is 14.3 Å². The summed E-state index contributed by atoms with van der Waals surface area (Å²) in [6.45, 7) is 12.0. The van der Waals surface area contributed by atoms with Crippen LogP contribution in [-0.2, 0) is 9.13 Å². The molecule has 0 spiro atoms. The molecule has 6 heteroatoms. The normalized spacial score (nSPS) is 19.4. The lowest BCUT2D eigenvalue weighted by Gasteiger charge is -2.37. The third-order valence-electron chi connectivity index (χ3n) is 4.69. The molecule has 120 valence electrons. The van der Waals surface area contributed by atoms with Crippen LogP contribution in [0.1, 0.15) is 27.7 Å². The highest BCUT2D eigenvalue weighted by Gasteiger charge is 2.27. The first kappa shape index (κ1) is 18.4. The predicted molar refractivity (Wildman–Crippen MR) is 90.3 cm³/mol. The predicted octanol–water partition coefficient (Wildman–Crippen LogP) is 3.32. The zero-order valence-corrected chi connectivity index (χ0v) is 15.5. The zero-order valence-electron chi connectivity index (χ0n) is 13.7. The van der Waals surface area contributed by atoms with Crippen LogP contribution in [0, 0.1) is 0 Å². The summed E-state index contributed by atoms with van der Waals surface area (Å²) in [4.78, 5) is 4.68. The maximum Gasteiger partial charge on any atom is 0.100 e. The largest absolute Gasteiger partial charge is 0.322 e. The summed E-state index contributed by atoms with van der Waals surface area (Å²) in [6.07, 6.45) is 4.78. The van der Waals surface area contributed by atoms with E-state index in [9.17, 15) is 9.13 Å². The molecule has 0 aliphatic carbocycles. The Kier molecular flexibility index (Phi) is 7.49. The Hall–Kier alpha value is 0.380. The van der Waals surface area contributed by atoms with E-state index >= 15 is 0 Å². The first-order chi connectivity index (χ1) is 9.40. The van der Waals surface area contributed by atoms with Gasteiger partial charge in [0.15, 0.2) is 0 Å². The summed E-state index contributed by atoms with van der Waals surface area (Å²) in [6, 6.07) is 0. The molecule has 0 N–H and O–H groups in total. The van der Waals surface area contributed by atoms with Gasteiger partial charge in [-0.15, -0.1) is 0 Å². The molecule has 0 aromatic rings. The summed E-state index contributed by atoms with van der Waals surface area (Å²) in [5.41, 5.74) is 0. The summed E-state index contributed by atoms with van der Waals surface area (Å²) in [7, 11) is -3.94. The van der Waals surface area contributed by atoms with Gasteiger partial charge in [0, 0.05) is 26.2 Å². The molecule has 1 aliphatic heterocycles. The first-order valence-electron chi connectivity index (χ1n) is 7.99. The first-order valence-corrected chi connectivity index (χ1v) is 12.5. The maximum atomic E-state index is 12.5. The molecule has 0 radical (unpaired) electrons. The third-order valence-corrected chi connectivity index (χ3v) is 11.1. The second-order valence-electron chi connectivity index (χ2n) is 5.90. The van der Waals surface area contributed by atoms with Gasteiger partial charge in [-0.1, -0.05) is 27.7 Å². The molecule has 20 heavy (non-hydrogen) atoms. The van der Waals surface area contributed by atoms with E-state index in [1.807, 2.05) is 27.7 Å². The Morgan fingerprint density at radius 3 is 1.10 bits per heavy atom. The maximum absolute atomic E-state index is 12.5. The number of hydrogen-bond donors (Lipinski definition) is 0. The van der Waals surface area contributed by atoms with Gasteiger partial charge >= 0.3 is 0 Å². The lowest BCUT2D eigenvalue weighted by atomic mass is 10.4. The molecular weight excluding hydrogens is 290 g/mol. The fraction of sp³-hybridized carbons (Fsp3) is 1.00. The molecule has 0 unspecified atom stereocenters. The van der Waals surface area contributed by atoms with E-state index in [0.717, 1.165) is 63.4 Å². The van der Waals surface area contributed by atoms with E-state index in [4.69, 9.17) is 0 Å². The van der Waals surface area contributed by atoms with Crippen molar-refractivity contribution in [3.63, 3.8) is 0 Å². The highest BCUT2D eigenvalue weighted by molar-refractivity contribution is 7.64. The molecule has 1 aliphatic rings. The Bertz CT molecular complexity index is 327. The van der Waals surface area contributed by atoms with Gasteiger partial charge in [0.1, 0.15) is 14.3 Å². The van der Waals surface area contributed by atoms with Gasteiger partial charge in [0.05, 0.1) is 12.6 Å². The monoisotopic (exact) mass is 322 g/mol. The van der Waals surface area contributed by atoms with Crippen LogP contribution in [0.5, 0.6) is 0 Å². The van der Waals surface area contributed by atoms with Crippen molar-refractivity contribution in [1.29, 1.82) is 0 Å². The summed E-state index contributed by atoms with van der Waals surface area (Å²) in [5, 5.41) is 0. The Labute approximate surface area is 125 Å². The van der Waals surface area contributed by atoms with Gasteiger partial charge in [-0.3, -0.25) is 9.80 Å². The van der Waals surface area contributed by atoms with E-state index in [1.165, 1.54) is 0 Å². The Morgan fingerprint density at radius 1 is 0.650 bits per heavy atom. The molecule has 0 bridgehead atoms. The van der Waals surface area contributed by atoms with E-state index < -0.39 is 14.3 Å². The lowest BCUT2D eigenvalue weighted by Crippen LogP contribution is -2.46. The average molecular weight is 322 g/mol. The molecule has 0 aromatic heterocycles. The average Bonchev–Trinajstić information content (AvgIpc) is 2.49. The van der Waals surface area contributed by atoms with Crippen molar-refractivity contribution in [2.75, 3.05) is 63.4 Å². The molecule has 0 saturated carbocycles. The molecule has 1 saturated heterocycles. The SMILES string of the molecule is CCP(=O)(CC)CN1CCN(CP(=O)(CC)CC)CC1. The summed E-state index contributed by atoms with van der Waals surface area (Å²) >= 11 is 0. The number of nitrogens with zero attached hydrogens (tertiary/aromatic N) is 2. The third kappa shape index (κ3) is 5.30. The fourth-order valence-corrected chi connectivity index (χ4v) is 6.37. The number of hydrogen-bond acceptors (Lipinski definition) is 4. The summed E-state index contributed by atoms with van der Waals surface area (Å²) < 4.78 is 25.0. The van der Waals surface area contributed by atoms with Crippen LogP contribution in [0.15, 0.2) is 0 Å². The Morgan fingerprint density at radius 2 is 0.900 bits per heavy atom. The quantitative estimate of drug-likeness (QED) is 0.643. The minimum Gasteiger partial charge on any atom is -0.322 e. The van der Waals surface area contributed by atoms with E-state index in [-0.39, 0.29) is 0 Å². The molecular formula is C14H32N2O2P2. The van der Waals surface area contributed by atoms with Gasteiger partial charge in [0.2, 0.25) is 0 Å². The van der Waals surface area contributed by atoms with E-state index in [2.05, 4.69) is 9.80 Å². The van der Waals surface area contributed by atoms with Gasteiger partial charge in [-0.25, -0.2) is 0 Å². The molecule has 1 fully saturated rings. The smallest absolute Gasteiger partial charge is 0.100 e. The Balaban J connectivity index is 2.44. The molecule has 4 nitrogen and oxygen atoms in total. The second-order valence-corrected chi connectivity index (χ2v) is 13.2. The molecule has 0 atom stereocenters. The standard InChI is InChI=1S/C14H32N2O2P2/c1-5-19(17,6-2)13-15-9-11-16(12-10-15)14-20(18,7-3)8-4/h5-14H2,1-4H3. The van der Waals surface area contributed by atoms with Crippen LogP contribution in [0.3, 0.4) is 0 Å². The van der Waals surface area contributed by atoms with Crippen molar-refractivity contribution < 1.29 is 9.13 Å². The fourth-order valence-electron chi connectivity index (χ4n) is 2.65. The van der Waals surface area contributed by atoms with Crippen molar-refractivity contribution in [2.24, 2.45) is 0 Å². The minimum absolute atomic E-state index is 0.771. The number of rotatable bonds is 8. The number of piperazine rings is 1. The minimum atomic E-state index is -1.97. The van der Waals surface area contributed by atoms with Crippen LogP contribution in [0.4, 0.5) is 0 Å². The highest BCUT2D eigenvalue weighted by Crippen LogP contribution is 2.46.